The molecule has 0 radical (unpaired) electrons. The molecule has 0 bridgehead atoms. The van der Waals surface area contributed by atoms with E-state index in [1.165, 1.54) is 12.1 Å². The van der Waals surface area contributed by atoms with E-state index in [1.54, 1.807) is 41.3 Å². The van der Waals surface area contributed by atoms with Crippen LogP contribution < -0.4 is 10.9 Å². The van der Waals surface area contributed by atoms with Crippen LogP contribution in [-0.4, -0.2) is 26.6 Å². The van der Waals surface area contributed by atoms with Crippen LogP contribution in [0.2, 0.25) is 0 Å². The van der Waals surface area contributed by atoms with Gasteiger partial charge in [-0.2, -0.15) is 5.10 Å². The third kappa shape index (κ3) is 3.91. The molecule has 0 unspecified atom stereocenters. The summed E-state index contributed by atoms with van der Waals surface area (Å²) >= 11 is 0. The Morgan fingerprint density at radius 1 is 0.897 bits per heavy atom. The number of para-hydroxylation sites is 1. The van der Waals surface area contributed by atoms with E-state index in [9.17, 15) is 14.0 Å². The van der Waals surface area contributed by atoms with E-state index >= 15 is 0 Å². The zero-order valence-electron chi connectivity index (χ0n) is 15.1. The second kappa shape index (κ2) is 7.81. The van der Waals surface area contributed by atoms with Crippen molar-refractivity contribution in [1.29, 1.82) is 0 Å². The van der Waals surface area contributed by atoms with E-state index in [0.29, 0.717) is 17.0 Å². The number of hydrogen-bond donors (Lipinski definition) is 3. The molecular formula is C21H16FN5O2. The van der Waals surface area contributed by atoms with Gasteiger partial charge >= 0.3 is 0 Å². The van der Waals surface area contributed by atoms with Gasteiger partial charge in [0.05, 0.1) is 11.3 Å². The zero-order valence-corrected chi connectivity index (χ0v) is 15.1. The lowest BCUT2D eigenvalue weighted by Gasteiger charge is -2.06. The lowest BCUT2D eigenvalue weighted by Crippen LogP contribution is -2.41. The monoisotopic (exact) mass is 389 g/mol. The smallest absolute Gasteiger partial charge is 0.286 e. The Balaban J connectivity index is 1.65. The van der Waals surface area contributed by atoms with Crippen molar-refractivity contribution in [2.24, 2.45) is 0 Å². The van der Waals surface area contributed by atoms with Crippen molar-refractivity contribution >= 4 is 11.8 Å². The first-order valence-corrected chi connectivity index (χ1v) is 8.77. The SMILES string of the molecule is O=C(NNC(=O)c1cn(-c2ccccc2)nc1-c1ccc(F)cc1)c1ccc[nH]1. The molecule has 0 aliphatic heterocycles. The number of nitrogens with one attached hydrogen (secondary N) is 3. The van der Waals surface area contributed by atoms with Crippen LogP contribution in [0, 0.1) is 5.82 Å². The Kier molecular flexibility index (Phi) is 4.90. The number of carbonyl (C=O) groups excluding carboxylic acids is 2. The fraction of sp³-hybridized carbons (Fsp3) is 0. The predicted molar refractivity (Wildman–Crippen MR) is 105 cm³/mol. The van der Waals surface area contributed by atoms with Crippen LogP contribution in [-0.2, 0) is 0 Å². The number of rotatable bonds is 4. The van der Waals surface area contributed by atoms with E-state index in [0.717, 1.165) is 5.69 Å². The summed E-state index contributed by atoms with van der Waals surface area (Å²) in [5.74, 6) is -1.42. The van der Waals surface area contributed by atoms with Crippen molar-refractivity contribution in [2.75, 3.05) is 0 Å². The minimum absolute atomic E-state index is 0.229. The molecule has 0 spiro atoms. The van der Waals surface area contributed by atoms with Gasteiger partial charge in [0.15, 0.2) is 0 Å². The molecule has 8 heteroatoms. The number of hydrazine groups is 1. The van der Waals surface area contributed by atoms with Gasteiger partial charge in [0.25, 0.3) is 11.8 Å². The fourth-order valence-corrected chi connectivity index (χ4v) is 2.79. The molecule has 3 N–H and O–H groups in total. The van der Waals surface area contributed by atoms with Gasteiger partial charge in [0.1, 0.15) is 17.2 Å². The molecule has 0 fully saturated rings. The third-order valence-corrected chi connectivity index (χ3v) is 4.23. The molecule has 2 amide bonds. The average molecular weight is 389 g/mol. The number of hydrogen-bond acceptors (Lipinski definition) is 3. The normalized spacial score (nSPS) is 10.5. The van der Waals surface area contributed by atoms with Crippen LogP contribution >= 0.6 is 0 Å². The number of halogens is 1. The Morgan fingerprint density at radius 3 is 2.31 bits per heavy atom. The van der Waals surface area contributed by atoms with Gasteiger partial charge in [-0.15, -0.1) is 0 Å². The Morgan fingerprint density at radius 2 is 1.62 bits per heavy atom. The van der Waals surface area contributed by atoms with Crippen molar-refractivity contribution in [2.45, 2.75) is 0 Å². The Hall–Kier alpha value is -4.20. The standard InChI is InChI=1S/C21H16FN5O2/c22-15-10-8-14(9-11-15)19-17(13-27(26-19)16-5-2-1-3-6-16)20(28)24-25-21(29)18-7-4-12-23-18/h1-13,23H,(H,24,28)(H,25,29). The second-order valence-electron chi connectivity index (χ2n) is 6.17. The van der Waals surface area contributed by atoms with Crippen molar-refractivity contribution in [3.05, 3.63) is 96.2 Å². The zero-order chi connectivity index (χ0) is 20.2. The molecular weight excluding hydrogens is 373 g/mol. The number of benzene rings is 2. The summed E-state index contributed by atoms with van der Waals surface area (Å²) in [6.45, 7) is 0. The van der Waals surface area contributed by atoms with Gasteiger partial charge in [-0.05, 0) is 48.5 Å². The quantitative estimate of drug-likeness (QED) is 0.469. The molecule has 0 saturated heterocycles. The minimum Gasteiger partial charge on any atom is -0.357 e. The predicted octanol–water partition coefficient (Wildman–Crippen LogP) is 3.08. The molecule has 7 nitrogen and oxygen atoms in total. The molecule has 29 heavy (non-hydrogen) atoms. The number of H-pyrrole nitrogens is 1. The van der Waals surface area contributed by atoms with Crippen LogP contribution in [0.4, 0.5) is 4.39 Å². The van der Waals surface area contributed by atoms with Gasteiger partial charge in [-0.1, -0.05) is 18.2 Å². The largest absolute Gasteiger partial charge is 0.357 e. The van der Waals surface area contributed by atoms with Crippen LogP contribution in [0.15, 0.2) is 79.1 Å². The van der Waals surface area contributed by atoms with E-state index in [1.807, 2.05) is 30.3 Å². The van der Waals surface area contributed by atoms with Gasteiger partial charge in [-0.25, -0.2) is 9.07 Å². The summed E-state index contributed by atoms with van der Waals surface area (Å²) in [5, 5.41) is 4.49. The number of aromatic nitrogens is 3. The number of aromatic amines is 1. The summed E-state index contributed by atoms with van der Waals surface area (Å²) in [5.41, 5.74) is 6.97. The summed E-state index contributed by atoms with van der Waals surface area (Å²) < 4.78 is 14.9. The van der Waals surface area contributed by atoms with Crippen molar-refractivity contribution in [1.82, 2.24) is 25.6 Å². The summed E-state index contributed by atoms with van der Waals surface area (Å²) in [6, 6.07) is 18.2. The maximum Gasteiger partial charge on any atom is 0.286 e. The van der Waals surface area contributed by atoms with Crippen LogP contribution in [0.25, 0.3) is 16.9 Å². The summed E-state index contributed by atoms with van der Waals surface area (Å²) in [7, 11) is 0. The topological polar surface area (TPSA) is 91.8 Å². The van der Waals surface area contributed by atoms with E-state index < -0.39 is 11.8 Å². The lowest BCUT2D eigenvalue weighted by molar-refractivity contribution is 0.0844. The van der Waals surface area contributed by atoms with Crippen LogP contribution in [0.5, 0.6) is 0 Å². The van der Waals surface area contributed by atoms with Gasteiger partial charge < -0.3 is 4.98 Å². The lowest BCUT2D eigenvalue weighted by atomic mass is 10.1. The summed E-state index contributed by atoms with van der Waals surface area (Å²) in [6.07, 6.45) is 3.16. The maximum atomic E-state index is 13.3. The van der Waals surface area contributed by atoms with Crippen molar-refractivity contribution in [3.8, 4) is 16.9 Å². The van der Waals surface area contributed by atoms with E-state index in [4.69, 9.17) is 0 Å². The Bertz CT molecular complexity index is 1140. The fourth-order valence-electron chi connectivity index (χ4n) is 2.79. The maximum absolute atomic E-state index is 13.3. The molecule has 0 aliphatic carbocycles. The molecule has 2 heterocycles. The highest BCUT2D eigenvalue weighted by molar-refractivity contribution is 6.02. The number of nitrogens with zero attached hydrogens (tertiary/aromatic N) is 2. The van der Waals surface area contributed by atoms with Crippen molar-refractivity contribution < 1.29 is 14.0 Å². The van der Waals surface area contributed by atoms with Gasteiger partial charge in [0.2, 0.25) is 0 Å². The second-order valence-corrected chi connectivity index (χ2v) is 6.17. The van der Waals surface area contributed by atoms with Crippen LogP contribution in [0.1, 0.15) is 20.8 Å². The first-order valence-electron chi connectivity index (χ1n) is 8.77. The van der Waals surface area contributed by atoms with Gasteiger partial charge in [0, 0.05) is 18.0 Å². The first kappa shape index (κ1) is 18.2. The van der Waals surface area contributed by atoms with E-state index in [-0.39, 0.29) is 11.4 Å². The molecule has 4 rings (SSSR count). The minimum atomic E-state index is -0.550. The average Bonchev–Trinajstić information content (AvgIpc) is 3.43. The highest BCUT2D eigenvalue weighted by Crippen LogP contribution is 2.24. The first-order chi connectivity index (χ1) is 14.1. The molecule has 0 atom stereocenters. The molecule has 144 valence electrons. The molecule has 4 aromatic rings. The van der Waals surface area contributed by atoms with Gasteiger partial charge in [-0.3, -0.25) is 20.4 Å². The highest BCUT2D eigenvalue weighted by Gasteiger charge is 2.19. The van der Waals surface area contributed by atoms with Crippen LogP contribution in [0.3, 0.4) is 0 Å². The highest BCUT2D eigenvalue weighted by atomic mass is 19.1. The Labute approximate surface area is 165 Å². The van der Waals surface area contributed by atoms with Crippen molar-refractivity contribution in [3.63, 3.8) is 0 Å². The molecule has 2 aromatic heterocycles. The molecule has 2 aromatic carbocycles. The number of amides is 2. The third-order valence-electron chi connectivity index (χ3n) is 4.23. The number of carbonyl (C=O) groups is 2. The molecule has 0 aliphatic rings. The molecule has 0 saturated carbocycles. The van der Waals surface area contributed by atoms with E-state index in [2.05, 4.69) is 20.9 Å². The summed E-state index contributed by atoms with van der Waals surface area (Å²) in [4.78, 5) is 27.6.